The third-order valence-corrected chi connectivity index (χ3v) is 1.96. The van der Waals surface area contributed by atoms with Crippen LogP contribution in [0.5, 0.6) is 5.75 Å². The number of benzene rings is 1. The number of para-hydroxylation sites is 1. The number of halogens is 1. The Kier molecular flexibility index (Phi) is 4.65. The first-order chi connectivity index (χ1) is 6.34. The minimum atomic E-state index is 0.214. The topological polar surface area (TPSA) is 29.5 Å². The average molecular weight is 201 g/mol. The minimum absolute atomic E-state index is 0.214. The molecule has 1 N–H and O–H groups in total. The number of aliphatic hydroxyl groups is 1. The summed E-state index contributed by atoms with van der Waals surface area (Å²) in [5.41, 5.74) is 0. The van der Waals surface area contributed by atoms with Crippen LogP contribution in [0.3, 0.4) is 0 Å². The molecule has 0 fully saturated rings. The van der Waals surface area contributed by atoms with E-state index in [1.54, 1.807) is 6.07 Å². The van der Waals surface area contributed by atoms with Gasteiger partial charge >= 0.3 is 0 Å². The molecule has 0 atom stereocenters. The summed E-state index contributed by atoms with van der Waals surface area (Å²) in [6.07, 6.45) is 1.62. The van der Waals surface area contributed by atoms with E-state index in [1.807, 2.05) is 18.2 Å². The van der Waals surface area contributed by atoms with Crippen LogP contribution in [-0.2, 0) is 0 Å². The fourth-order valence-corrected chi connectivity index (χ4v) is 1.15. The molecular weight excluding hydrogens is 188 g/mol. The average Bonchev–Trinajstić information content (AvgIpc) is 2.15. The predicted molar refractivity (Wildman–Crippen MR) is 53.3 cm³/mol. The van der Waals surface area contributed by atoms with Crippen molar-refractivity contribution >= 4 is 11.6 Å². The Labute approximate surface area is 83.1 Å². The highest BCUT2D eigenvalue weighted by Crippen LogP contribution is 2.23. The molecular formula is C10H13ClO2. The molecule has 0 radical (unpaired) electrons. The summed E-state index contributed by atoms with van der Waals surface area (Å²) in [4.78, 5) is 0. The zero-order chi connectivity index (χ0) is 9.52. The van der Waals surface area contributed by atoms with Gasteiger partial charge in [0.25, 0.3) is 0 Å². The van der Waals surface area contributed by atoms with Gasteiger partial charge in [0.05, 0.1) is 11.6 Å². The van der Waals surface area contributed by atoms with E-state index in [4.69, 9.17) is 21.4 Å². The van der Waals surface area contributed by atoms with Crippen LogP contribution in [0, 0.1) is 0 Å². The molecule has 0 bridgehead atoms. The van der Waals surface area contributed by atoms with Crippen molar-refractivity contribution in [1.82, 2.24) is 0 Å². The maximum Gasteiger partial charge on any atom is 0.137 e. The summed E-state index contributed by atoms with van der Waals surface area (Å²) < 4.78 is 5.40. The zero-order valence-corrected chi connectivity index (χ0v) is 8.13. The zero-order valence-electron chi connectivity index (χ0n) is 7.37. The van der Waals surface area contributed by atoms with E-state index in [2.05, 4.69) is 0 Å². The number of hydrogen-bond acceptors (Lipinski definition) is 2. The summed E-state index contributed by atoms with van der Waals surface area (Å²) in [6.45, 7) is 0.816. The van der Waals surface area contributed by atoms with Crippen molar-refractivity contribution in [3.8, 4) is 5.75 Å². The first-order valence-corrected chi connectivity index (χ1v) is 4.70. The standard InChI is InChI=1S/C10H13ClO2/c11-9-5-1-2-6-10(9)13-8-4-3-7-12/h1-2,5-6,12H,3-4,7-8H2. The van der Waals surface area contributed by atoms with Gasteiger partial charge in [-0.15, -0.1) is 0 Å². The first kappa shape index (κ1) is 10.4. The van der Waals surface area contributed by atoms with Crippen LogP contribution in [0.2, 0.25) is 5.02 Å². The van der Waals surface area contributed by atoms with Gasteiger partial charge < -0.3 is 9.84 Å². The van der Waals surface area contributed by atoms with Crippen LogP contribution < -0.4 is 4.74 Å². The molecule has 0 aliphatic rings. The van der Waals surface area contributed by atoms with Gasteiger partial charge in [-0.3, -0.25) is 0 Å². The third kappa shape index (κ3) is 3.66. The lowest BCUT2D eigenvalue weighted by atomic mass is 10.3. The first-order valence-electron chi connectivity index (χ1n) is 4.33. The normalized spacial score (nSPS) is 10.0. The van der Waals surface area contributed by atoms with Crippen LogP contribution in [0.25, 0.3) is 0 Å². The minimum Gasteiger partial charge on any atom is -0.492 e. The Balaban J connectivity index is 2.32. The number of unbranched alkanes of at least 4 members (excludes halogenated alkanes) is 1. The van der Waals surface area contributed by atoms with E-state index in [9.17, 15) is 0 Å². The largest absolute Gasteiger partial charge is 0.492 e. The number of rotatable bonds is 5. The Morgan fingerprint density at radius 3 is 2.69 bits per heavy atom. The smallest absolute Gasteiger partial charge is 0.137 e. The second-order valence-corrected chi connectivity index (χ2v) is 3.12. The van der Waals surface area contributed by atoms with Crippen LogP contribution in [-0.4, -0.2) is 18.3 Å². The maximum atomic E-state index is 8.54. The molecule has 0 heterocycles. The van der Waals surface area contributed by atoms with Gasteiger partial charge in [0.2, 0.25) is 0 Å². The second kappa shape index (κ2) is 5.84. The SMILES string of the molecule is OCCCCOc1ccccc1Cl. The molecule has 2 nitrogen and oxygen atoms in total. The van der Waals surface area contributed by atoms with Crippen LogP contribution in [0.4, 0.5) is 0 Å². The molecule has 13 heavy (non-hydrogen) atoms. The maximum absolute atomic E-state index is 8.54. The fraction of sp³-hybridized carbons (Fsp3) is 0.400. The Morgan fingerprint density at radius 2 is 2.00 bits per heavy atom. The van der Waals surface area contributed by atoms with E-state index in [0.29, 0.717) is 17.4 Å². The molecule has 0 unspecified atom stereocenters. The van der Waals surface area contributed by atoms with Gasteiger partial charge in [-0.1, -0.05) is 23.7 Å². The quantitative estimate of drug-likeness (QED) is 0.741. The van der Waals surface area contributed by atoms with Crippen LogP contribution in [0.15, 0.2) is 24.3 Å². The molecule has 3 heteroatoms. The molecule has 0 aliphatic carbocycles. The molecule has 0 spiro atoms. The summed E-state index contributed by atoms with van der Waals surface area (Å²) in [5, 5.41) is 9.17. The second-order valence-electron chi connectivity index (χ2n) is 2.71. The highest BCUT2D eigenvalue weighted by atomic mass is 35.5. The molecule has 1 aromatic rings. The lowest BCUT2D eigenvalue weighted by molar-refractivity contribution is 0.253. The molecule has 72 valence electrons. The monoisotopic (exact) mass is 200 g/mol. The van der Waals surface area contributed by atoms with E-state index >= 15 is 0 Å². The van der Waals surface area contributed by atoms with Crippen molar-refractivity contribution in [1.29, 1.82) is 0 Å². The predicted octanol–water partition coefficient (Wildman–Crippen LogP) is 2.49. The van der Waals surface area contributed by atoms with E-state index in [-0.39, 0.29) is 6.61 Å². The summed E-state index contributed by atoms with van der Waals surface area (Å²) >= 11 is 5.86. The van der Waals surface area contributed by atoms with E-state index in [1.165, 1.54) is 0 Å². The molecule has 0 saturated carbocycles. The van der Waals surface area contributed by atoms with E-state index in [0.717, 1.165) is 12.8 Å². The van der Waals surface area contributed by atoms with Gasteiger partial charge in [0.1, 0.15) is 5.75 Å². The van der Waals surface area contributed by atoms with Crippen molar-refractivity contribution < 1.29 is 9.84 Å². The van der Waals surface area contributed by atoms with Crippen LogP contribution in [0.1, 0.15) is 12.8 Å². The van der Waals surface area contributed by atoms with Crippen LogP contribution >= 0.6 is 11.6 Å². The van der Waals surface area contributed by atoms with Gasteiger partial charge in [-0.05, 0) is 25.0 Å². The van der Waals surface area contributed by atoms with Crippen molar-refractivity contribution in [2.75, 3.05) is 13.2 Å². The number of aliphatic hydroxyl groups excluding tert-OH is 1. The Hall–Kier alpha value is -0.730. The van der Waals surface area contributed by atoms with Crippen molar-refractivity contribution in [3.63, 3.8) is 0 Å². The van der Waals surface area contributed by atoms with E-state index < -0.39 is 0 Å². The van der Waals surface area contributed by atoms with Gasteiger partial charge in [0, 0.05) is 6.61 Å². The highest BCUT2D eigenvalue weighted by Gasteiger charge is 1.98. The van der Waals surface area contributed by atoms with Crippen molar-refractivity contribution in [2.45, 2.75) is 12.8 Å². The molecule has 1 aromatic carbocycles. The van der Waals surface area contributed by atoms with Crippen molar-refractivity contribution in [2.24, 2.45) is 0 Å². The number of hydrogen-bond donors (Lipinski definition) is 1. The fourth-order valence-electron chi connectivity index (χ4n) is 0.958. The lowest BCUT2D eigenvalue weighted by Crippen LogP contribution is -1.98. The Bertz CT molecular complexity index is 250. The summed E-state index contributed by atoms with van der Waals surface area (Å²) in [5.74, 6) is 0.710. The molecule has 0 amide bonds. The molecule has 1 rings (SSSR count). The summed E-state index contributed by atoms with van der Waals surface area (Å²) in [7, 11) is 0. The third-order valence-electron chi connectivity index (χ3n) is 1.65. The molecule has 0 aliphatic heterocycles. The Morgan fingerprint density at radius 1 is 1.23 bits per heavy atom. The lowest BCUT2D eigenvalue weighted by Gasteiger charge is -2.06. The molecule has 0 saturated heterocycles. The highest BCUT2D eigenvalue weighted by molar-refractivity contribution is 6.32. The molecule has 0 aromatic heterocycles. The van der Waals surface area contributed by atoms with Gasteiger partial charge in [-0.25, -0.2) is 0 Å². The summed E-state index contributed by atoms with van der Waals surface area (Å²) in [6, 6.07) is 7.38. The van der Waals surface area contributed by atoms with Gasteiger partial charge in [-0.2, -0.15) is 0 Å². The van der Waals surface area contributed by atoms with Gasteiger partial charge in [0.15, 0.2) is 0 Å². The number of ether oxygens (including phenoxy) is 1. The van der Waals surface area contributed by atoms with Crippen molar-refractivity contribution in [3.05, 3.63) is 29.3 Å².